The quantitative estimate of drug-likeness (QED) is 0.415. The molecule has 2 aromatic rings. The fraction of sp³-hybridized carbons (Fsp3) is 0.450. The SMILES string of the molecule is Cc1ccc(-c2ccc(C(O)CCCCCC(F)(F)F)c(C(F)(F)F)n2)cc1. The summed E-state index contributed by atoms with van der Waals surface area (Å²) in [7, 11) is 0. The maximum atomic E-state index is 13.4. The van der Waals surface area contributed by atoms with E-state index in [1.807, 2.05) is 6.92 Å². The Kier molecular flexibility index (Phi) is 7.09. The van der Waals surface area contributed by atoms with E-state index in [9.17, 15) is 31.4 Å². The van der Waals surface area contributed by atoms with E-state index in [1.165, 1.54) is 12.1 Å². The molecule has 0 saturated heterocycles. The Hall–Kier alpha value is -2.09. The Morgan fingerprint density at radius 3 is 2.11 bits per heavy atom. The minimum absolute atomic E-state index is 0.0630. The number of rotatable bonds is 7. The normalized spacial score (nSPS) is 13.6. The summed E-state index contributed by atoms with van der Waals surface area (Å²) in [6.45, 7) is 1.85. The van der Waals surface area contributed by atoms with E-state index in [1.54, 1.807) is 24.3 Å². The van der Waals surface area contributed by atoms with Gasteiger partial charge in [0.15, 0.2) is 5.69 Å². The third kappa shape index (κ3) is 6.51. The van der Waals surface area contributed by atoms with Gasteiger partial charge in [0.05, 0.1) is 11.8 Å². The number of hydrogen-bond acceptors (Lipinski definition) is 2. The van der Waals surface area contributed by atoms with Crippen LogP contribution in [0.5, 0.6) is 0 Å². The van der Waals surface area contributed by atoms with Gasteiger partial charge in [-0.25, -0.2) is 4.98 Å². The van der Waals surface area contributed by atoms with Crippen LogP contribution in [0.4, 0.5) is 26.3 Å². The number of aromatic nitrogens is 1. The van der Waals surface area contributed by atoms with Crippen LogP contribution in [0.3, 0.4) is 0 Å². The molecule has 1 heterocycles. The Labute approximate surface area is 159 Å². The molecule has 0 spiro atoms. The smallest absolute Gasteiger partial charge is 0.388 e. The van der Waals surface area contributed by atoms with Crippen molar-refractivity contribution >= 4 is 0 Å². The zero-order valence-corrected chi connectivity index (χ0v) is 15.2. The monoisotopic (exact) mass is 405 g/mol. The highest BCUT2D eigenvalue weighted by Gasteiger charge is 2.37. The van der Waals surface area contributed by atoms with Gasteiger partial charge in [0.1, 0.15) is 0 Å². The molecule has 0 fully saturated rings. The van der Waals surface area contributed by atoms with Gasteiger partial charge in [0.25, 0.3) is 0 Å². The van der Waals surface area contributed by atoms with Gasteiger partial charge in [0, 0.05) is 17.5 Å². The molecular weight excluding hydrogens is 384 g/mol. The minimum atomic E-state index is -4.76. The molecule has 0 aliphatic carbocycles. The third-order valence-corrected chi connectivity index (χ3v) is 4.34. The van der Waals surface area contributed by atoms with E-state index in [0.29, 0.717) is 5.56 Å². The Bertz CT molecular complexity index is 768. The molecular formula is C20H21F6NO. The number of halogens is 6. The Morgan fingerprint density at radius 1 is 0.893 bits per heavy atom. The number of benzene rings is 1. The molecule has 0 amide bonds. The van der Waals surface area contributed by atoms with Crippen LogP contribution in [0.15, 0.2) is 36.4 Å². The molecule has 2 rings (SSSR count). The molecule has 28 heavy (non-hydrogen) atoms. The molecule has 1 unspecified atom stereocenters. The maximum Gasteiger partial charge on any atom is 0.433 e. The zero-order valence-electron chi connectivity index (χ0n) is 15.2. The summed E-state index contributed by atoms with van der Waals surface area (Å²) in [5.74, 6) is 0. The Morgan fingerprint density at radius 2 is 1.54 bits per heavy atom. The van der Waals surface area contributed by atoms with E-state index in [4.69, 9.17) is 0 Å². The molecule has 1 aromatic carbocycles. The first-order valence-electron chi connectivity index (χ1n) is 8.87. The summed E-state index contributed by atoms with van der Waals surface area (Å²) in [6.07, 6.45) is -11.2. The number of nitrogens with zero attached hydrogens (tertiary/aromatic N) is 1. The van der Waals surface area contributed by atoms with Crippen LogP contribution in [0.2, 0.25) is 0 Å². The van der Waals surface area contributed by atoms with Gasteiger partial charge in [-0.05, 0) is 25.8 Å². The lowest BCUT2D eigenvalue weighted by Gasteiger charge is -2.18. The number of hydrogen-bond donors (Lipinski definition) is 1. The molecule has 1 atom stereocenters. The van der Waals surface area contributed by atoms with E-state index >= 15 is 0 Å². The second-order valence-corrected chi connectivity index (χ2v) is 6.73. The molecule has 1 aromatic heterocycles. The summed E-state index contributed by atoms with van der Waals surface area (Å²) in [5.41, 5.74) is 0.0719. The predicted octanol–water partition coefficient (Wildman–Crippen LogP) is 6.62. The second kappa shape index (κ2) is 8.94. The number of aliphatic hydroxyl groups is 1. The summed E-state index contributed by atoms with van der Waals surface area (Å²) in [5, 5.41) is 10.2. The lowest BCUT2D eigenvalue weighted by molar-refractivity contribution is -0.143. The topological polar surface area (TPSA) is 33.1 Å². The minimum Gasteiger partial charge on any atom is -0.388 e. The molecule has 0 aliphatic rings. The molecule has 0 radical (unpaired) electrons. The third-order valence-electron chi connectivity index (χ3n) is 4.34. The highest BCUT2D eigenvalue weighted by atomic mass is 19.4. The van der Waals surface area contributed by atoms with Gasteiger partial charge in [-0.2, -0.15) is 26.3 Å². The lowest BCUT2D eigenvalue weighted by Crippen LogP contribution is -2.15. The van der Waals surface area contributed by atoms with Crippen LogP contribution in [0.1, 0.15) is 55.0 Å². The van der Waals surface area contributed by atoms with Gasteiger partial charge in [-0.3, -0.25) is 0 Å². The molecule has 2 nitrogen and oxygen atoms in total. The predicted molar refractivity (Wildman–Crippen MR) is 93.5 cm³/mol. The number of aliphatic hydroxyl groups excluding tert-OH is 1. The fourth-order valence-corrected chi connectivity index (χ4v) is 2.85. The zero-order chi connectivity index (χ0) is 20.9. The van der Waals surface area contributed by atoms with Crippen LogP contribution in [0, 0.1) is 6.92 Å². The first-order valence-corrected chi connectivity index (χ1v) is 8.87. The van der Waals surface area contributed by atoms with Gasteiger partial charge < -0.3 is 5.11 Å². The van der Waals surface area contributed by atoms with Gasteiger partial charge in [-0.15, -0.1) is 0 Å². The molecule has 0 saturated carbocycles. The van der Waals surface area contributed by atoms with Gasteiger partial charge in [-0.1, -0.05) is 48.7 Å². The van der Waals surface area contributed by atoms with Crippen LogP contribution in [0.25, 0.3) is 11.3 Å². The van der Waals surface area contributed by atoms with Gasteiger partial charge in [0.2, 0.25) is 0 Å². The molecule has 1 N–H and O–H groups in total. The van der Waals surface area contributed by atoms with Crippen molar-refractivity contribution in [2.24, 2.45) is 0 Å². The molecule has 154 valence electrons. The standard InChI is InChI=1S/C20H21F6NO/c1-13-6-8-14(9-7-13)16-11-10-15(18(27-16)20(24,25)26)17(28)5-3-2-4-12-19(21,22)23/h6-11,17,28H,2-5,12H2,1H3. The molecule has 0 aliphatic heterocycles. The van der Waals surface area contributed by atoms with Crippen molar-refractivity contribution in [2.75, 3.05) is 0 Å². The molecule has 8 heteroatoms. The number of unbranched alkanes of at least 4 members (excludes halogenated alkanes) is 2. The van der Waals surface area contributed by atoms with Crippen molar-refractivity contribution in [1.29, 1.82) is 0 Å². The van der Waals surface area contributed by atoms with E-state index in [-0.39, 0.29) is 36.9 Å². The summed E-state index contributed by atoms with van der Waals surface area (Å²) >= 11 is 0. The van der Waals surface area contributed by atoms with E-state index < -0.39 is 30.6 Å². The van der Waals surface area contributed by atoms with E-state index in [2.05, 4.69) is 4.98 Å². The average Bonchev–Trinajstić information content (AvgIpc) is 2.59. The largest absolute Gasteiger partial charge is 0.433 e. The first-order chi connectivity index (χ1) is 13.0. The van der Waals surface area contributed by atoms with Crippen molar-refractivity contribution in [2.45, 2.75) is 57.5 Å². The summed E-state index contributed by atoms with van der Waals surface area (Å²) in [4.78, 5) is 3.71. The molecule has 0 bridgehead atoms. The highest BCUT2D eigenvalue weighted by molar-refractivity contribution is 5.60. The summed E-state index contributed by atoms with van der Waals surface area (Å²) in [6, 6.07) is 9.43. The highest BCUT2D eigenvalue weighted by Crippen LogP contribution is 2.36. The maximum absolute atomic E-state index is 13.4. The lowest BCUT2D eigenvalue weighted by atomic mass is 9.99. The van der Waals surface area contributed by atoms with Crippen molar-refractivity contribution in [3.63, 3.8) is 0 Å². The number of pyridine rings is 1. The summed E-state index contributed by atoms with van der Waals surface area (Å²) < 4.78 is 76.7. The van der Waals surface area contributed by atoms with Gasteiger partial charge >= 0.3 is 12.4 Å². The Balaban J connectivity index is 2.13. The second-order valence-electron chi connectivity index (χ2n) is 6.73. The fourth-order valence-electron chi connectivity index (χ4n) is 2.85. The van der Waals surface area contributed by atoms with Crippen molar-refractivity contribution in [1.82, 2.24) is 4.98 Å². The van der Waals surface area contributed by atoms with Crippen LogP contribution >= 0.6 is 0 Å². The van der Waals surface area contributed by atoms with Crippen LogP contribution < -0.4 is 0 Å². The van der Waals surface area contributed by atoms with E-state index in [0.717, 1.165) is 5.56 Å². The first kappa shape index (κ1) is 22.2. The van der Waals surface area contributed by atoms with Crippen molar-refractivity contribution in [3.05, 3.63) is 53.2 Å². The number of alkyl halides is 6. The average molecular weight is 405 g/mol. The van der Waals surface area contributed by atoms with Crippen LogP contribution in [-0.2, 0) is 6.18 Å². The van der Waals surface area contributed by atoms with Crippen molar-refractivity contribution < 1.29 is 31.4 Å². The number of aryl methyl sites for hydroxylation is 1. The van der Waals surface area contributed by atoms with Crippen molar-refractivity contribution in [3.8, 4) is 11.3 Å². The van der Waals surface area contributed by atoms with Crippen LogP contribution in [-0.4, -0.2) is 16.3 Å².